The normalized spacial score (nSPS) is 14.8. The van der Waals surface area contributed by atoms with Crippen LogP contribution in [-0.2, 0) is 9.59 Å². The van der Waals surface area contributed by atoms with Crippen molar-refractivity contribution in [1.29, 1.82) is 0 Å². The van der Waals surface area contributed by atoms with Crippen molar-refractivity contribution in [2.45, 2.75) is 19.8 Å². The summed E-state index contributed by atoms with van der Waals surface area (Å²) in [5.74, 6) is 0.490. The molecule has 1 aliphatic rings. The van der Waals surface area contributed by atoms with E-state index < -0.39 is 5.97 Å². The smallest absolute Gasteiger partial charge is 0.359 e. The highest BCUT2D eigenvalue weighted by atomic mass is 16.5. The van der Waals surface area contributed by atoms with Crippen LogP contribution < -0.4 is 9.47 Å². The Hall–Kier alpha value is -2.37. The van der Waals surface area contributed by atoms with Gasteiger partial charge in [-0.15, -0.1) is 0 Å². The predicted octanol–water partition coefficient (Wildman–Crippen LogP) is 1.60. The lowest BCUT2D eigenvalue weighted by Gasteiger charge is -2.18. The Morgan fingerprint density at radius 2 is 1.90 bits per heavy atom. The van der Waals surface area contributed by atoms with E-state index in [0.717, 1.165) is 5.01 Å². The molecule has 1 aromatic rings. The van der Waals surface area contributed by atoms with E-state index in [4.69, 9.17) is 9.47 Å². The Morgan fingerprint density at radius 1 is 1.25 bits per heavy atom. The van der Waals surface area contributed by atoms with Gasteiger partial charge in [0.1, 0.15) is 17.2 Å². The van der Waals surface area contributed by atoms with Gasteiger partial charge in [0.15, 0.2) is 0 Å². The van der Waals surface area contributed by atoms with Crippen LogP contribution in [0.4, 0.5) is 0 Å². The SMILES string of the molecule is CCOc1ccc(OC(=O)C2=NN(C)C(=O)CC2)cc1. The molecule has 0 radical (unpaired) electrons. The molecule has 0 unspecified atom stereocenters. The van der Waals surface area contributed by atoms with Gasteiger partial charge in [-0.25, -0.2) is 9.80 Å². The lowest BCUT2D eigenvalue weighted by molar-refractivity contribution is -0.131. The standard InChI is InChI=1S/C14H16N2O4/c1-3-19-10-4-6-11(7-5-10)20-14(18)12-8-9-13(17)16(2)15-12/h4-7H,3,8-9H2,1-2H3. The van der Waals surface area contributed by atoms with E-state index in [9.17, 15) is 9.59 Å². The van der Waals surface area contributed by atoms with Crippen molar-refractivity contribution in [3.8, 4) is 11.5 Å². The first-order valence-electron chi connectivity index (χ1n) is 6.39. The molecule has 20 heavy (non-hydrogen) atoms. The molecule has 0 spiro atoms. The molecule has 0 saturated carbocycles. The molecular weight excluding hydrogens is 260 g/mol. The van der Waals surface area contributed by atoms with Gasteiger partial charge in [0, 0.05) is 19.9 Å². The highest BCUT2D eigenvalue weighted by Crippen LogP contribution is 2.18. The number of carbonyl (C=O) groups is 2. The summed E-state index contributed by atoms with van der Waals surface area (Å²) in [7, 11) is 1.52. The third kappa shape index (κ3) is 3.34. The molecule has 0 N–H and O–H groups in total. The highest BCUT2D eigenvalue weighted by molar-refractivity contribution is 6.37. The lowest BCUT2D eigenvalue weighted by atomic mass is 10.2. The largest absolute Gasteiger partial charge is 0.494 e. The maximum atomic E-state index is 11.9. The fraction of sp³-hybridized carbons (Fsp3) is 0.357. The first-order valence-corrected chi connectivity index (χ1v) is 6.39. The predicted molar refractivity (Wildman–Crippen MR) is 72.7 cm³/mol. The molecule has 2 rings (SSSR count). The number of hydrogen-bond donors (Lipinski definition) is 0. The number of hydrogen-bond acceptors (Lipinski definition) is 5. The highest BCUT2D eigenvalue weighted by Gasteiger charge is 2.23. The van der Waals surface area contributed by atoms with Gasteiger partial charge in [-0.05, 0) is 31.2 Å². The molecule has 1 amide bonds. The van der Waals surface area contributed by atoms with Gasteiger partial charge in [-0.3, -0.25) is 4.79 Å². The Balaban J connectivity index is 2.01. The van der Waals surface area contributed by atoms with E-state index in [0.29, 0.717) is 24.5 Å². The molecule has 0 aromatic heterocycles. The summed E-state index contributed by atoms with van der Waals surface area (Å²) in [4.78, 5) is 23.2. The van der Waals surface area contributed by atoms with Crippen LogP contribution >= 0.6 is 0 Å². The molecule has 0 bridgehead atoms. The zero-order valence-corrected chi connectivity index (χ0v) is 11.5. The lowest BCUT2D eigenvalue weighted by Crippen LogP contribution is -2.33. The average molecular weight is 276 g/mol. The summed E-state index contributed by atoms with van der Waals surface area (Å²) in [6.45, 7) is 2.48. The maximum Gasteiger partial charge on any atom is 0.359 e. The fourth-order valence-electron chi connectivity index (χ4n) is 1.75. The first-order chi connectivity index (χ1) is 9.60. The van der Waals surface area contributed by atoms with E-state index in [1.165, 1.54) is 7.05 Å². The van der Waals surface area contributed by atoms with Crippen molar-refractivity contribution in [3.05, 3.63) is 24.3 Å². The third-order valence-corrected chi connectivity index (χ3v) is 2.79. The Morgan fingerprint density at radius 3 is 2.50 bits per heavy atom. The quantitative estimate of drug-likeness (QED) is 0.618. The van der Waals surface area contributed by atoms with Crippen LogP contribution in [0.1, 0.15) is 19.8 Å². The van der Waals surface area contributed by atoms with Gasteiger partial charge in [-0.1, -0.05) is 0 Å². The van der Waals surface area contributed by atoms with E-state index in [2.05, 4.69) is 5.10 Å². The van der Waals surface area contributed by atoms with Gasteiger partial charge < -0.3 is 9.47 Å². The van der Waals surface area contributed by atoms with Gasteiger partial charge >= 0.3 is 5.97 Å². The van der Waals surface area contributed by atoms with Crippen LogP contribution in [0.15, 0.2) is 29.4 Å². The summed E-state index contributed by atoms with van der Waals surface area (Å²) >= 11 is 0. The minimum atomic E-state index is -0.534. The summed E-state index contributed by atoms with van der Waals surface area (Å²) in [6.07, 6.45) is 0.576. The Kier molecular flexibility index (Phi) is 4.34. The van der Waals surface area contributed by atoms with Gasteiger partial charge in [-0.2, -0.15) is 5.10 Å². The molecule has 6 heteroatoms. The number of rotatable bonds is 4. The topological polar surface area (TPSA) is 68.2 Å². The molecule has 0 saturated heterocycles. The minimum absolute atomic E-state index is 0.109. The van der Waals surface area contributed by atoms with Crippen LogP contribution in [-0.4, -0.2) is 36.3 Å². The maximum absolute atomic E-state index is 11.9. The molecular formula is C14H16N2O4. The molecule has 1 aromatic carbocycles. The number of ether oxygens (including phenoxy) is 2. The summed E-state index contributed by atoms with van der Waals surface area (Å²) < 4.78 is 10.5. The van der Waals surface area contributed by atoms with Crippen molar-refractivity contribution < 1.29 is 19.1 Å². The first kappa shape index (κ1) is 14.0. The zero-order chi connectivity index (χ0) is 14.5. The monoisotopic (exact) mass is 276 g/mol. The van der Waals surface area contributed by atoms with Gasteiger partial charge in [0.2, 0.25) is 5.91 Å². The second kappa shape index (κ2) is 6.18. The van der Waals surface area contributed by atoms with Crippen molar-refractivity contribution in [2.75, 3.05) is 13.7 Å². The summed E-state index contributed by atoms with van der Waals surface area (Å²) in [5.41, 5.74) is 0.251. The molecule has 106 valence electrons. The number of benzene rings is 1. The van der Waals surface area contributed by atoms with Crippen molar-refractivity contribution in [3.63, 3.8) is 0 Å². The van der Waals surface area contributed by atoms with Crippen LogP contribution in [0.2, 0.25) is 0 Å². The number of esters is 1. The van der Waals surface area contributed by atoms with Crippen LogP contribution in [0.25, 0.3) is 0 Å². The minimum Gasteiger partial charge on any atom is -0.494 e. The molecule has 0 aliphatic carbocycles. The van der Waals surface area contributed by atoms with Crippen molar-refractivity contribution in [2.24, 2.45) is 5.10 Å². The van der Waals surface area contributed by atoms with Crippen molar-refractivity contribution >= 4 is 17.6 Å². The number of amides is 1. The van der Waals surface area contributed by atoms with E-state index >= 15 is 0 Å². The summed E-state index contributed by atoms with van der Waals surface area (Å²) in [5, 5.41) is 5.07. The zero-order valence-electron chi connectivity index (χ0n) is 11.5. The molecule has 6 nitrogen and oxygen atoms in total. The van der Waals surface area contributed by atoms with E-state index in [-0.39, 0.29) is 18.0 Å². The fourth-order valence-corrected chi connectivity index (χ4v) is 1.75. The average Bonchev–Trinajstić information content (AvgIpc) is 2.44. The van der Waals surface area contributed by atoms with Gasteiger partial charge in [0.25, 0.3) is 0 Å². The second-order valence-electron chi connectivity index (χ2n) is 4.26. The van der Waals surface area contributed by atoms with E-state index in [1.54, 1.807) is 24.3 Å². The van der Waals surface area contributed by atoms with Crippen LogP contribution in [0.3, 0.4) is 0 Å². The number of carbonyl (C=O) groups excluding carboxylic acids is 2. The number of hydrazone groups is 1. The van der Waals surface area contributed by atoms with E-state index in [1.807, 2.05) is 6.92 Å². The molecule has 0 atom stereocenters. The van der Waals surface area contributed by atoms with Gasteiger partial charge in [0.05, 0.1) is 6.61 Å². The second-order valence-corrected chi connectivity index (χ2v) is 4.26. The Bertz CT molecular complexity index is 537. The third-order valence-electron chi connectivity index (χ3n) is 2.79. The van der Waals surface area contributed by atoms with Crippen LogP contribution in [0, 0.1) is 0 Å². The molecule has 1 heterocycles. The number of nitrogens with zero attached hydrogens (tertiary/aromatic N) is 2. The molecule has 1 aliphatic heterocycles. The van der Waals surface area contributed by atoms with Crippen LogP contribution in [0.5, 0.6) is 11.5 Å². The molecule has 0 fully saturated rings. The Labute approximate surface area is 117 Å². The summed E-state index contributed by atoms with van der Waals surface area (Å²) in [6, 6.07) is 6.76. The van der Waals surface area contributed by atoms with Crippen molar-refractivity contribution in [1.82, 2.24) is 5.01 Å².